The van der Waals surface area contributed by atoms with Gasteiger partial charge in [-0.1, -0.05) is 31.5 Å². The van der Waals surface area contributed by atoms with Gasteiger partial charge in [0, 0.05) is 5.56 Å². The van der Waals surface area contributed by atoms with Gasteiger partial charge in [0.05, 0.1) is 18.6 Å². The van der Waals surface area contributed by atoms with E-state index in [4.69, 9.17) is 4.74 Å². The monoisotopic (exact) mass is 273 g/mol. The van der Waals surface area contributed by atoms with Crippen molar-refractivity contribution < 1.29 is 9.84 Å². The van der Waals surface area contributed by atoms with Gasteiger partial charge in [-0.2, -0.15) is 5.26 Å². The first-order valence-electron chi connectivity index (χ1n) is 7.28. The van der Waals surface area contributed by atoms with E-state index in [0.29, 0.717) is 17.2 Å². The van der Waals surface area contributed by atoms with Gasteiger partial charge in [-0.3, -0.25) is 0 Å². The third-order valence-electron chi connectivity index (χ3n) is 4.97. The number of nitriles is 1. The summed E-state index contributed by atoms with van der Waals surface area (Å²) in [7, 11) is 1.59. The van der Waals surface area contributed by atoms with Crippen LogP contribution in [0.4, 0.5) is 0 Å². The van der Waals surface area contributed by atoms with Gasteiger partial charge in [-0.15, -0.1) is 0 Å². The lowest BCUT2D eigenvalue weighted by atomic mass is 9.68. The molecule has 0 spiro atoms. The molecule has 0 aromatic heterocycles. The largest absolute Gasteiger partial charge is 0.496 e. The van der Waals surface area contributed by atoms with Crippen molar-refractivity contribution in [2.24, 2.45) is 11.3 Å². The maximum atomic E-state index is 11.2. The summed E-state index contributed by atoms with van der Waals surface area (Å²) in [6.45, 7) is 3.90. The molecule has 2 rings (SSSR count). The lowest BCUT2D eigenvalue weighted by Gasteiger charge is -2.38. The van der Waals surface area contributed by atoms with Crippen LogP contribution in [0.5, 0.6) is 5.75 Å². The van der Waals surface area contributed by atoms with Crippen LogP contribution in [0.2, 0.25) is 0 Å². The van der Waals surface area contributed by atoms with Crippen molar-refractivity contribution in [3.05, 3.63) is 29.8 Å². The second kappa shape index (κ2) is 5.46. The average molecular weight is 273 g/mol. The smallest absolute Gasteiger partial charge is 0.124 e. The van der Waals surface area contributed by atoms with Gasteiger partial charge in [-0.05, 0) is 38.2 Å². The Bertz CT molecular complexity index is 518. The molecule has 0 bridgehead atoms. The molecule has 0 aliphatic heterocycles. The molecular formula is C17H23NO2. The van der Waals surface area contributed by atoms with Crippen LogP contribution < -0.4 is 4.74 Å². The van der Waals surface area contributed by atoms with Crippen LogP contribution in [-0.4, -0.2) is 12.2 Å². The Kier molecular flexibility index (Phi) is 4.06. The second-order valence-corrected chi connectivity index (χ2v) is 5.98. The summed E-state index contributed by atoms with van der Waals surface area (Å²) in [4.78, 5) is 0. The number of nitrogens with zero attached hydrogens (tertiary/aromatic N) is 1. The Balaban J connectivity index is 2.45. The summed E-state index contributed by atoms with van der Waals surface area (Å²) in [5, 5.41) is 20.9. The van der Waals surface area contributed by atoms with Crippen molar-refractivity contribution in [3.8, 4) is 11.8 Å². The summed E-state index contributed by atoms with van der Waals surface area (Å²) in [6.07, 6.45) is 3.57. The number of ether oxygens (including phenoxy) is 1. The van der Waals surface area contributed by atoms with E-state index in [1.807, 2.05) is 24.3 Å². The first kappa shape index (κ1) is 14.9. The molecule has 0 saturated heterocycles. The molecule has 20 heavy (non-hydrogen) atoms. The predicted octanol–water partition coefficient (Wildman–Crippen LogP) is 3.62. The Morgan fingerprint density at radius 1 is 1.50 bits per heavy atom. The molecule has 0 radical (unpaired) electrons. The Labute approximate surface area is 121 Å². The fourth-order valence-electron chi connectivity index (χ4n) is 3.45. The molecule has 1 aromatic rings. The minimum atomic E-state index is -1.20. The van der Waals surface area contributed by atoms with Gasteiger partial charge in [0.15, 0.2) is 0 Å². The van der Waals surface area contributed by atoms with Crippen LogP contribution in [0.25, 0.3) is 0 Å². The van der Waals surface area contributed by atoms with Gasteiger partial charge in [0.1, 0.15) is 11.4 Å². The predicted molar refractivity (Wildman–Crippen MR) is 78.2 cm³/mol. The number of hydrogen-bond donors (Lipinski definition) is 1. The quantitative estimate of drug-likeness (QED) is 0.911. The summed E-state index contributed by atoms with van der Waals surface area (Å²) < 4.78 is 5.36. The fraction of sp³-hybridized carbons (Fsp3) is 0.588. The van der Waals surface area contributed by atoms with E-state index in [9.17, 15) is 10.4 Å². The molecule has 3 unspecified atom stereocenters. The average Bonchev–Trinajstić information content (AvgIpc) is 2.92. The van der Waals surface area contributed by atoms with E-state index < -0.39 is 11.0 Å². The van der Waals surface area contributed by atoms with Gasteiger partial charge in [-0.25, -0.2) is 0 Å². The van der Waals surface area contributed by atoms with E-state index in [-0.39, 0.29) is 0 Å². The zero-order chi connectivity index (χ0) is 14.8. The molecule has 1 N–H and O–H groups in total. The van der Waals surface area contributed by atoms with Gasteiger partial charge < -0.3 is 9.84 Å². The highest BCUT2D eigenvalue weighted by Gasteiger charge is 2.53. The molecule has 1 aliphatic carbocycles. The zero-order valence-corrected chi connectivity index (χ0v) is 12.5. The van der Waals surface area contributed by atoms with Crippen LogP contribution in [0.15, 0.2) is 24.3 Å². The van der Waals surface area contributed by atoms with E-state index in [2.05, 4.69) is 13.0 Å². The van der Waals surface area contributed by atoms with E-state index >= 15 is 0 Å². The molecule has 0 amide bonds. The highest BCUT2D eigenvalue weighted by Crippen LogP contribution is 2.54. The number of benzene rings is 1. The Morgan fingerprint density at radius 3 is 2.75 bits per heavy atom. The lowest BCUT2D eigenvalue weighted by Crippen LogP contribution is -2.41. The Morgan fingerprint density at radius 2 is 2.20 bits per heavy atom. The standard InChI is InChI=1S/C17H23NO2/c1-4-13-9-10-17(11-13,12-18)16(2,19)14-7-5-6-8-15(14)20-3/h5-8,13,19H,4,9-11H2,1-3H3. The molecule has 3 atom stereocenters. The van der Waals surface area contributed by atoms with Crippen LogP contribution in [0.1, 0.15) is 45.1 Å². The van der Waals surface area contributed by atoms with Crippen LogP contribution in [0.3, 0.4) is 0 Å². The minimum absolute atomic E-state index is 0.524. The van der Waals surface area contributed by atoms with E-state index in [1.165, 1.54) is 0 Å². The maximum absolute atomic E-state index is 11.2. The van der Waals surface area contributed by atoms with Crippen molar-refractivity contribution in [2.45, 2.75) is 45.1 Å². The summed E-state index contributed by atoms with van der Waals surface area (Å²) in [6, 6.07) is 9.87. The number of methoxy groups -OCH3 is 1. The molecule has 0 heterocycles. The van der Waals surface area contributed by atoms with Gasteiger partial charge >= 0.3 is 0 Å². The fourth-order valence-corrected chi connectivity index (χ4v) is 3.45. The zero-order valence-electron chi connectivity index (χ0n) is 12.5. The Hall–Kier alpha value is -1.53. The van der Waals surface area contributed by atoms with Crippen LogP contribution in [0, 0.1) is 22.7 Å². The number of para-hydroxylation sites is 1. The minimum Gasteiger partial charge on any atom is -0.496 e. The third-order valence-corrected chi connectivity index (χ3v) is 4.97. The summed E-state index contributed by atoms with van der Waals surface area (Å²) >= 11 is 0. The molecule has 1 saturated carbocycles. The summed E-state index contributed by atoms with van der Waals surface area (Å²) in [5.74, 6) is 1.17. The normalized spacial score (nSPS) is 28.6. The first-order valence-corrected chi connectivity index (χ1v) is 7.28. The topological polar surface area (TPSA) is 53.2 Å². The second-order valence-electron chi connectivity index (χ2n) is 5.98. The molecule has 108 valence electrons. The van der Waals surface area contributed by atoms with Crippen molar-refractivity contribution >= 4 is 0 Å². The van der Waals surface area contributed by atoms with Crippen LogP contribution >= 0.6 is 0 Å². The van der Waals surface area contributed by atoms with Gasteiger partial charge in [0.2, 0.25) is 0 Å². The summed E-state index contributed by atoms with van der Waals surface area (Å²) in [5.41, 5.74) is -1.21. The molecule has 3 heteroatoms. The van der Waals surface area contributed by atoms with Crippen molar-refractivity contribution in [1.29, 1.82) is 5.26 Å². The first-order chi connectivity index (χ1) is 9.50. The molecule has 1 fully saturated rings. The molecule has 1 aliphatic rings. The third kappa shape index (κ3) is 2.19. The number of hydrogen-bond acceptors (Lipinski definition) is 3. The molecule has 3 nitrogen and oxygen atoms in total. The van der Waals surface area contributed by atoms with E-state index in [1.54, 1.807) is 14.0 Å². The molecule has 1 aromatic carbocycles. The lowest BCUT2D eigenvalue weighted by molar-refractivity contribution is -0.0457. The van der Waals surface area contributed by atoms with E-state index in [0.717, 1.165) is 25.7 Å². The van der Waals surface area contributed by atoms with Crippen LogP contribution in [-0.2, 0) is 5.60 Å². The van der Waals surface area contributed by atoms with Gasteiger partial charge in [0.25, 0.3) is 0 Å². The van der Waals surface area contributed by atoms with Crippen molar-refractivity contribution in [1.82, 2.24) is 0 Å². The highest BCUT2D eigenvalue weighted by atomic mass is 16.5. The number of rotatable bonds is 4. The SMILES string of the molecule is CCC1CCC(C#N)(C(C)(O)c2ccccc2OC)C1. The van der Waals surface area contributed by atoms with Crippen molar-refractivity contribution in [2.75, 3.05) is 7.11 Å². The maximum Gasteiger partial charge on any atom is 0.124 e. The van der Waals surface area contributed by atoms with Crippen molar-refractivity contribution in [3.63, 3.8) is 0 Å². The number of aliphatic hydroxyl groups is 1. The molecular weight excluding hydrogens is 250 g/mol. The highest BCUT2D eigenvalue weighted by molar-refractivity contribution is 5.40.